The quantitative estimate of drug-likeness (QED) is 0.154. The van der Waals surface area contributed by atoms with Crippen molar-refractivity contribution in [3.63, 3.8) is 0 Å². The van der Waals surface area contributed by atoms with Crippen LogP contribution < -0.4 is 4.90 Å². The van der Waals surface area contributed by atoms with E-state index in [1.165, 1.54) is 27.8 Å². The van der Waals surface area contributed by atoms with Gasteiger partial charge in [0.05, 0.1) is 5.39 Å². The summed E-state index contributed by atoms with van der Waals surface area (Å²) in [5.74, 6) is 0.889. The average molecular weight is 770 g/mol. The van der Waals surface area contributed by atoms with E-state index in [-0.39, 0.29) is 0 Å². The van der Waals surface area contributed by atoms with Crippen LogP contribution in [0.4, 0.5) is 17.1 Å². The summed E-state index contributed by atoms with van der Waals surface area (Å²) in [4.78, 5) is 2.32. The Kier molecular flexibility index (Phi) is 8.71. The second-order valence-corrected chi connectivity index (χ2v) is 15.3. The van der Waals surface area contributed by atoms with Crippen LogP contribution in [0.1, 0.15) is 5.56 Å². The SMILES string of the molecule is Cc1c(-c2ccccc2)oc2c1ccc1oc3cc(N(c4ccc(-c5ccc(-c6ccccc6)cc5)cc4)c4cccc(-c5ccc(-c6ccccc6)cc5)c4)ccc3c12. The number of benzene rings is 9. The first-order valence-corrected chi connectivity index (χ1v) is 20.4. The van der Waals surface area contributed by atoms with Gasteiger partial charge in [-0.2, -0.15) is 0 Å². The fourth-order valence-electron chi connectivity index (χ4n) is 8.58. The average Bonchev–Trinajstić information content (AvgIpc) is 3.87. The molecule has 0 bridgehead atoms. The molecule has 3 nitrogen and oxygen atoms in total. The molecule has 0 unspecified atom stereocenters. The van der Waals surface area contributed by atoms with Crippen LogP contribution in [0.2, 0.25) is 0 Å². The molecule has 2 heterocycles. The van der Waals surface area contributed by atoms with Gasteiger partial charge in [0.2, 0.25) is 0 Å². The van der Waals surface area contributed by atoms with Gasteiger partial charge in [-0.1, -0.05) is 164 Å². The van der Waals surface area contributed by atoms with Crippen LogP contribution in [0, 0.1) is 6.92 Å². The first-order chi connectivity index (χ1) is 29.6. The second-order valence-electron chi connectivity index (χ2n) is 15.3. The number of anilines is 3. The lowest BCUT2D eigenvalue weighted by Crippen LogP contribution is -2.10. The van der Waals surface area contributed by atoms with E-state index < -0.39 is 0 Å². The Bertz CT molecular complexity index is 3270. The first kappa shape index (κ1) is 35.3. The molecule has 11 aromatic rings. The molecule has 0 fully saturated rings. The number of hydrogen-bond acceptors (Lipinski definition) is 3. The maximum Gasteiger partial charge on any atom is 0.146 e. The van der Waals surface area contributed by atoms with E-state index in [4.69, 9.17) is 8.83 Å². The predicted molar refractivity (Wildman–Crippen MR) is 250 cm³/mol. The van der Waals surface area contributed by atoms with Crippen LogP contribution in [0.5, 0.6) is 0 Å². The van der Waals surface area contributed by atoms with Gasteiger partial charge in [0.1, 0.15) is 22.5 Å². The molecular formula is C57H39NO2. The third kappa shape index (κ3) is 6.34. The minimum absolute atomic E-state index is 0.804. The summed E-state index contributed by atoms with van der Waals surface area (Å²) in [6.45, 7) is 2.13. The van der Waals surface area contributed by atoms with Gasteiger partial charge < -0.3 is 13.7 Å². The Morgan fingerprint density at radius 3 is 1.35 bits per heavy atom. The predicted octanol–water partition coefficient (Wildman–Crippen LogP) is 16.4. The third-order valence-electron chi connectivity index (χ3n) is 11.7. The van der Waals surface area contributed by atoms with Gasteiger partial charge in [-0.25, -0.2) is 0 Å². The molecule has 9 aromatic carbocycles. The van der Waals surface area contributed by atoms with E-state index in [1.807, 2.05) is 18.2 Å². The molecule has 3 heteroatoms. The van der Waals surface area contributed by atoms with E-state index in [9.17, 15) is 0 Å². The highest BCUT2D eigenvalue weighted by Gasteiger charge is 2.21. The van der Waals surface area contributed by atoms with Crippen molar-refractivity contribution in [1.82, 2.24) is 0 Å². The van der Waals surface area contributed by atoms with Gasteiger partial charge in [0.15, 0.2) is 0 Å². The summed E-state index contributed by atoms with van der Waals surface area (Å²) >= 11 is 0. The summed E-state index contributed by atoms with van der Waals surface area (Å²) in [5, 5.41) is 3.11. The summed E-state index contributed by atoms with van der Waals surface area (Å²) in [6.07, 6.45) is 0. The monoisotopic (exact) mass is 769 g/mol. The molecule has 0 atom stereocenters. The van der Waals surface area contributed by atoms with Crippen LogP contribution in [0.25, 0.3) is 88.7 Å². The molecule has 0 aliphatic heterocycles. The summed E-state index contributed by atoms with van der Waals surface area (Å²) in [6, 6.07) is 77.4. The minimum Gasteiger partial charge on any atom is -0.456 e. The highest BCUT2D eigenvalue weighted by Crippen LogP contribution is 2.44. The van der Waals surface area contributed by atoms with Gasteiger partial charge in [-0.15, -0.1) is 0 Å². The highest BCUT2D eigenvalue weighted by atomic mass is 16.3. The standard InChI is InChI=1S/C57H39NO2/c1-38-51-34-35-53-55(57(51)60-56(38)46-16-9-4-10-17-46)52-33-32-50(37-54(52)59-53)58(48-30-28-44(29-31-48)43-22-20-41(21-23-43)39-12-5-2-6-13-39)49-19-11-18-47(36-49)45-26-24-42(25-27-45)40-14-7-3-8-15-40/h2-37H,1H3. The Morgan fingerprint density at radius 1 is 0.317 bits per heavy atom. The molecule has 11 rings (SSSR count). The van der Waals surface area contributed by atoms with Crippen LogP contribution in [0.15, 0.2) is 227 Å². The number of aryl methyl sites for hydroxylation is 1. The van der Waals surface area contributed by atoms with Crippen molar-refractivity contribution in [3.8, 4) is 55.8 Å². The molecule has 60 heavy (non-hydrogen) atoms. The van der Waals surface area contributed by atoms with Crippen LogP contribution >= 0.6 is 0 Å². The van der Waals surface area contributed by atoms with Crippen molar-refractivity contribution in [3.05, 3.63) is 224 Å². The molecule has 0 amide bonds. The summed E-state index contributed by atoms with van der Waals surface area (Å²) < 4.78 is 13.3. The van der Waals surface area contributed by atoms with E-state index in [0.717, 1.165) is 83.5 Å². The van der Waals surface area contributed by atoms with E-state index in [1.54, 1.807) is 0 Å². The molecule has 0 aliphatic rings. The van der Waals surface area contributed by atoms with Crippen LogP contribution in [-0.4, -0.2) is 0 Å². The lowest BCUT2D eigenvalue weighted by molar-refractivity contribution is 0.631. The van der Waals surface area contributed by atoms with Crippen molar-refractivity contribution < 1.29 is 8.83 Å². The zero-order valence-corrected chi connectivity index (χ0v) is 33.0. The molecule has 0 saturated carbocycles. The molecule has 0 spiro atoms. The van der Waals surface area contributed by atoms with Crippen LogP contribution in [0.3, 0.4) is 0 Å². The van der Waals surface area contributed by atoms with E-state index >= 15 is 0 Å². The van der Waals surface area contributed by atoms with Gasteiger partial charge in [-0.3, -0.25) is 0 Å². The van der Waals surface area contributed by atoms with Crippen molar-refractivity contribution in [2.75, 3.05) is 4.90 Å². The van der Waals surface area contributed by atoms with Crippen molar-refractivity contribution in [2.24, 2.45) is 0 Å². The van der Waals surface area contributed by atoms with Gasteiger partial charge in [-0.05, 0) is 100.0 Å². The topological polar surface area (TPSA) is 29.5 Å². The largest absolute Gasteiger partial charge is 0.456 e. The Hall–Kier alpha value is -7.88. The molecule has 2 aromatic heterocycles. The Morgan fingerprint density at radius 2 is 0.767 bits per heavy atom. The number of rotatable bonds is 8. The number of hydrogen-bond donors (Lipinski definition) is 0. The molecule has 0 saturated heterocycles. The molecular weight excluding hydrogens is 731 g/mol. The van der Waals surface area contributed by atoms with Crippen molar-refractivity contribution in [1.29, 1.82) is 0 Å². The number of fused-ring (bicyclic) bond motifs is 5. The Balaban J connectivity index is 1.00. The van der Waals surface area contributed by atoms with Crippen LogP contribution in [-0.2, 0) is 0 Å². The van der Waals surface area contributed by atoms with Crippen molar-refractivity contribution >= 4 is 50.0 Å². The van der Waals surface area contributed by atoms with Gasteiger partial charge in [0, 0.05) is 45.0 Å². The highest BCUT2D eigenvalue weighted by molar-refractivity contribution is 6.18. The fraction of sp³-hybridized carbons (Fsp3) is 0.0175. The third-order valence-corrected chi connectivity index (χ3v) is 11.7. The molecule has 0 N–H and O–H groups in total. The second kappa shape index (κ2) is 14.8. The maximum absolute atomic E-state index is 6.67. The normalized spacial score (nSPS) is 11.4. The fourth-order valence-corrected chi connectivity index (χ4v) is 8.58. The Labute approximate surface area is 349 Å². The maximum atomic E-state index is 6.67. The summed E-state index contributed by atoms with van der Waals surface area (Å²) in [5.41, 5.74) is 17.2. The van der Waals surface area contributed by atoms with E-state index in [2.05, 4.69) is 212 Å². The first-order valence-electron chi connectivity index (χ1n) is 20.4. The lowest BCUT2D eigenvalue weighted by Gasteiger charge is -2.26. The van der Waals surface area contributed by atoms with E-state index in [0.29, 0.717) is 0 Å². The molecule has 284 valence electrons. The van der Waals surface area contributed by atoms with Gasteiger partial charge in [0.25, 0.3) is 0 Å². The smallest absolute Gasteiger partial charge is 0.146 e. The van der Waals surface area contributed by atoms with Crippen molar-refractivity contribution in [2.45, 2.75) is 6.92 Å². The molecule has 0 radical (unpaired) electrons. The number of furan rings is 2. The number of nitrogens with zero attached hydrogens (tertiary/aromatic N) is 1. The minimum atomic E-state index is 0.804. The summed E-state index contributed by atoms with van der Waals surface area (Å²) in [7, 11) is 0. The zero-order chi connectivity index (χ0) is 40.0. The molecule has 0 aliphatic carbocycles. The lowest BCUT2D eigenvalue weighted by atomic mass is 9.99. The zero-order valence-electron chi connectivity index (χ0n) is 33.0. The van der Waals surface area contributed by atoms with Gasteiger partial charge >= 0.3 is 0 Å².